The molecule has 3 heterocycles. The lowest BCUT2D eigenvalue weighted by Gasteiger charge is -2.00. The molecule has 4 heteroatoms. The fraction of sp³-hybridized carbons (Fsp3) is 0.136. The minimum Gasteiger partial charge on any atom is -0.494 e. The zero-order valence-electron chi connectivity index (χ0n) is 14.7. The van der Waals surface area contributed by atoms with Gasteiger partial charge in [-0.25, -0.2) is 0 Å². The van der Waals surface area contributed by atoms with Gasteiger partial charge in [0, 0.05) is 18.0 Å². The lowest BCUT2D eigenvalue weighted by atomic mass is 10.1. The molecule has 0 radical (unpaired) electrons. The molecular weight excluding hydrogens is 322 g/mol. The van der Waals surface area contributed by atoms with Crippen LogP contribution in [0.3, 0.4) is 0 Å². The predicted octanol–water partition coefficient (Wildman–Crippen LogP) is 5.00. The number of H-pyrrole nitrogens is 2. The summed E-state index contributed by atoms with van der Waals surface area (Å²) < 4.78 is 5.50. The molecular formula is C22H21N3O. The number of aliphatic imine (C=N–C) groups is 1. The Morgan fingerprint density at radius 1 is 1.00 bits per heavy atom. The highest BCUT2D eigenvalue weighted by atomic mass is 16.5. The van der Waals surface area contributed by atoms with Crippen LogP contribution in [0.5, 0.6) is 5.75 Å². The van der Waals surface area contributed by atoms with E-state index in [-0.39, 0.29) is 0 Å². The van der Waals surface area contributed by atoms with Crippen LogP contribution in [0.1, 0.15) is 17.7 Å². The summed E-state index contributed by atoms with van der Waals surface area (Å²) in [6.07, 6.45) is 10.0. The summed E-state index contributed by atoms with van der Waals surface area (Å²) in [6.45, 7) is 0. The Morgan fingerprint density at radius 2 is 1.88 bits per heavy atom. The Bertz CT molecular complexity index is 960. The molecule has 2 aromatic heterocycles. The monoisotopic (exact) mass is 343 g/mol. The highest BCUT2D eigenvalue weighted by Gasteiger charge is 2.11. The topological polar surface area (TPSA) is 53.2 Å². The predicted molar refractivity (Wildman–Crippen MR) is 106 cm³/mol. The van der Waals surface area contributed by atoms with Gasteiger partial charge < -0.3 is 14.7 Å². The molecule has 0 aliphatic carbocycles. The van der Waals surface area contributed by atoms with Gasteiger partial charge in [-0.1, -0.05) is 30.3 Å². The number of hydrogen-bond acceptors (Lipinski definition) is 2. The van der Waals surface area contributed by atoms with Crippen LogP contribution in [0.15, 0.2) is 77.6 Å². The second-order valence-electron chi connectivity index (χ2n) is 6.24. The van der Waals surface area contributed by atoms with Gasteiger partial charge in [0.25, 0.3) is 0 Å². The lowest BCUT2D eigenvalue weighted by molar-refractivity contribution is 0.414. The van der Waals surface area contributed by atoms with Crippen molar-refractivity contribution in [1.82, 2.24) is 9.97 Å². The molecule has 0 saturated heterocycles. The molecule has 0 spiro atoms. The van der Waals surface area contributed by atoms with E-state index in [0.717, 1.165) is 47.1 Å². The highest BCUT2D eigenvalue weighted by molar-refractivity contribution is 5.99. The summed E-state index contributed by atoms with van der Waals surface area (Å²) in [5.74, 6) is 0.809. The molecule has 130 valence electrons. The van der Waals surface area contributed by atoms with Crippen molar-refractivity contribution in [3.05, 3.63) is 83.8 Å². The maximum absolute atomic E-state index is 5.50. The van der Waals surface area contributed by atoms with Crippen molar-refractivity contribution in [2.45, 2.75) is 12.8 Å². The van der Waals surface area contributed by atoms with Crippen LogP contribution < -0.4 is 4.74 Å². The zero-order valence-corrected chi connectivity index (χ0v) is 14.7. The first kappa shape index (κ1) is 16.2. The maximum Gasteiger partial charge on any atom is 0.144 e. The molecule has 4 nitrogen and oxygen atoms in total. The van der Waals surface area contributed by atoms with Gasteiger partial charge in [0.1, 0.15) is 5.75 Å². The fourth-order valence-electron chi connectivity index (χ4n) is 3.08. The van der Waals surface area contributed by atoms with Gasteiger partial charge in [-0.3, -0.25) is 4.99 Å². The van der Waals surface area contributed by atoms with Gasteiger partial charge in [-0.2, -0.15) is 0 Å². The summed E-state index contributed by atoms with van der Waals surface area (Å²) in [5.41, 5.74) is 6.32. The first-order valence-electron chi connectivity index (χ1n) is 8.74. The van der Waals surface area contributed by atoms with Gasteiger partial charge in [-0.05, 0) is 48.8 Å². The van der Waals surface area contributed by atoms with Crippen LogP contribution in [0.25, 0.3) is 17.5 Å². The summed E-state index contributed by atoms with van der Waals surface area (Å²) in [6, 6.07) is 16.5. The lowest BCUT2D eigenvalue weighted by Crippen LogP contribution is -1.94. The van der Waals surface area contributed by atoms with Gasteiger partial charge in [0.05, 0.1) is 29.9 Å². The van der Waals surface area contributed by atoms with Crippen LogP contribution in [-0.4, -0.2) is 22.8 Å². The van der Waals surface area contributed by atoms with Crippen molar-refractivity contribution in [3.63, 3.8) is 0 Å². The first-order valence-corrected chi connectivity index (χ1v) is 8.74. The molecule has 26 heavy (non-hydrogen) atoms. The molecule has 4 rings (SSSR count). The number of hydrogen-bond donors (Lipinski definition) is 2. The number of aromatic amines is 2. The molecule has 0 unspecified atom stereocenters. The number of nitrogens with zero attached hydrogens (tertiary/aromatic N) is 1. The third-order valence-corrected chi connectivity index (χ3v) is 4.44. The summed E-state index contributed by atoms with van der Waals surface area (Å²) in [4.78, 5) is 11.3. The normalized spacial score (nSPS) is 14.8. The standard InChI is InChI=1S/C22H21N3O/c1-26-22-15-20(19-8-5-13-23-19)25-21(22)14-18-12-11-17(24-18)10-9-16-6-3-2-4-7-16/h2-8,11-15,23,25H,9-10H2,1H3. The molecule has 2 N–H and O–H groups in total. The van der Waals surface area contributed by atoms with Crippen LogP contribution >= 0.6 is 0 Å². The second-order valence-corrected chi connectivity index (χ2v) is 6.24. The molecule has 0 saturated carbocycles. The van der Waals surface area contributed by atoms with E-state index in [1.54, 1.807) is 7.11 Å². The van der Waals surface area contributed by atoms with E-state index in [0.29, 0.717) is 0 Å². The Hall–Kier alpha value is -3.27. The van der Waals surface area contributed by atoms with E-state index in [1.165, 1.54) is 5.56 Å². The van der Waals surface area contributed by atoms with Gasteiger partial charge in [0.2, 0.25) is 0 Å². The van der Waals surface area contributed by atoms with E-state index in [1.807, 2.05) is 36.5 Å². The number of aromatic nitrogens is 2. The molecule has 0 bridgehead atoms. The van der Waals surface area contributed by atoms with Crippen molar-refractivity contribution in [2.75, 3.05) is 7.11 Å². The van der Waals surface area contributed by atoms with Crippen molar-refractivity contribution >= 4 is 11.8 Å². The van der Waals surface area contributed by atoms with Crippen molar-refractivity contribution in [3.8, 4) is 17.1 Å². The molecule has 0 atom stereocenters. The number of rotatable bonds is 6. The SMILES string of the molecule is COc1cc(-c2ccc[nH]2)[nH]c1C=C1C=CC(CCc2ccccc2)=N1. The fourth-order valence-corrected chi connectivity index (χ4v) is 3.08. The van der Waals surface area contributed by atoms with Crippen LogP contribution in [0.4, 0.5) is 0 Å². The zero-order chi connectivity index (χ0) is 17.8. The Labute approximate surface area is 153 Å². The quantitative estimate of drug-likeness (QED) is 0.650. The van der Waals surface area contributed by atoms with Crippen LogP contribution in [0, 0.1) is 0 Å². The third kappa shape index (κ3) is 3.54. The molecule has 0 amide bonds. The number of benzene rings is 1. The third-order valence-electron chi connectivity index (χ3n) is 4.44. The Morgan fingerprint density at radius 3 is 2.65 bits per heavy atom. The van der Waals surface area contributed by atoms with E-state index >= 15 is 0 Å². The van der Waals surface area contributed by atoms with E-state index in [2.05, 4.69) is 46.4 Å². The number of methoxy groups -OCH3 is 1. The number of aryl methyl sites for hydroxylation is 1. The largest absolute Gasteiger partial charge is 0.494 e. The molecule has 3 aromatic rings. The van der Waals surface area contributed by atoms with Crippen molar-refractivity contribution in [1.29, 1.82) is 0 Å². The molecule has 1 aromatic carbocycles. The van der Waals surface area contributed by atoms with Crippen LogP contribution in [-0.2, 0) is 6.42 Å². The molecule has 1 aliphatic heterocycles. The Balaban J connectivity index is 1.50. The number of ether oxygens (including phenoxy) is 1. The number of nitrogens with one attached hydrogen (secondary N) is 2. The minimum absolute atomic E-state index is 0.809. The Kier molecular flexibility index (Phi) is 4.56. The van der Waals surface area contributed by atoms with Crippen molar-refractivity contribution < 1.29 is 4.74 Å². The molecule has 0 fully saturated rings. The summed E-state index contributed by atoms with van der Waals surface area (Å²) >= 11 is 0. The smallest absolute Gasteiger partial charge is 0.144 e. The summed E-state index contributed by atoms with van der Waals surface area (Å²) in [5, 5.41) is 0. The van der Waals surface area contributed by atoms with Crippen molar-refractivity contribution in [2.24, 2.45) is 4.99 Å². The highest BCUT2D eigenvalue weighted by Crippen LogP contribution is 2.29. The van der Waals surface area contributed by atoms with E-state index in [4.69, 9.17) is 9.73 Å². The maximum atomic E-state index is 5.50. The second kappa shape index (κ2) is 7.31. The average molecular weight is 343 g/mol. The van der Waals surface area contributed by atoms with E-state index < -0.39 is 0 Å². The van der Waals surface area contributed by atoms with E-state index in [9.17, 15) is 0 Å². The molecule has 1 aliphatic rings. The van der Waals surface area contributed by atoms with Gasteiger partial charge in [-0.15, -0.1) is 0 Å². The summed E-state index contributed by atoms with van der Waals surface area (Å²) in [7, 11) is 1.68. The van der Waals surface area contributed by atoms with Gasteiger partial charge >= 0.3 is 0 Å². The number of allylic oxidation sites excluding steroid dienone is 2. The average Bonchev–Trinajstić information content (AvgIpc) is 3.42. The van der Waals surface area contributed by atoms with Gasteiger partial charge in [0.15, 0.2) is 0 Å². The first-order chi connectivity index (χ1) is 12.8. The minimum atomic E-state index is 0.809. The van der Waals surface area contributed by atoms with Crippen LogP contribution in [0.2, 0.25) is 0 Å².